The third-order valence-electron chi connectivity index (χ3n) is 3.23. The van der Waals surface area contributed by atoms with Crippen LogP contribution in [0, 0.1) is 0 Å². The fourth-order valence-corrected chi connectivity index (χ4v) is 2.41. The summed E-state index contributed by atoms with van der Waals surface area (Å²) in [4.78, 5) is 2.47. The molecule has 0 bridgehead atoms. The first-order valence-corrected chi connectivity index (χ1v) is 6.14. The Balaban J connectivity index is 2.27. The Morgan fingerprint density at radius 3 is 2.27 bits per heavy atom. The fraction of sp³-hybridized carbons (Fsp3) is 1.00. The van der Waals surface area contributed by atoms with Crippen LogP contribution in [0.1, 0.15) is 40.5 Å². The Hall–Kier alpha value is -0.150. The molecule has 3 heteroatoms. The van der Waals surface area contributed by atoms with Gasteiger partial charge in [0.15, 0.2) is 0 Å². The van der Waals surface area contributed by atoms with Gasteiger partial charge in [0.2, 0.25) is 0 Å². The van der Waals surface area contributed by atoms with Crippen molar-refractivity contribution >= 4 is 0 Å². The molecule has 0 saturated carbocycles. The molecule has 0 aromatic heterocycles. The lowest BCUT2D eigenvalue weighted by molar-refractivity contribution is 0.167. The number of hydrogen-bond donors (Lipinski definition) is 1. The van der Waals surface area contributed by atoms with E-state index >= 15 is 0 Å². The molecule has 0 aromatic rings. The zero-order chi connectivity index (χ0) is 11.4. The van der Waals surface area contributed by atoms with Crippen LogP contribution in [-0.2, 0) is 0 Å². The molecule has 1 rings (SSSR count). The topological polar surface area (TPSA) is 15.3 Å². The first-order valence-electron chi connectivity index (χ1n) is 6.14. The van der Waals surface area contributed by atoms with Crippen molar-refractivity contribution in [1.82, 2.24) is 10.2 Å². The average Bonchev–Trinajstić information content (AvgIpc) is 2.50. The van der Waals surface area contributed by atoms with Crippen molar-refractivity contribution in [3.63, 3.8) is 0 Å². The standard InChI is InChI=1S/C12H25FN2/c1-9(2)15(10(3)4)6-5-12-7-11(13)8-14-12/h9-12,14H,5-8H2,1-4H3. The zero-order valence-electron chi connectivity index (χ0n) is 10.5. The van der Waals surface area contributed by atoms with Gasteiger partial charge in [0, 0.05) is 31.2 Å². The van der Waals surface area contributed by atoms with Gasteiger partial charge in [0.1, 0.15) is 6.17 Å². The third-order valence-corrected chi connectivity index (χ3v) is 3.23. The highest BCUT2D eigenvalue weighted by Gasteiger charge is 2.24. The van der Waals surface area contributed by atoms with E-state index in [1.54, 1.807) is 0 Å². The maximum absolute atomic E-state index is 12.9. The predicted octanol–water partition coefficient (Wildman–Crippen LogP) is 2.20. The summed E-state index contributed by atoms with van der Waals surface area (Å²) in [6, 6.07) is 1.54. The number of nitrogens with zero attached hydrogens (tertiary/aromatic N) is 1. The van der Waals surface area contributed by atoms with Gasteiger partial charge in [-0.15, -0.1) is 0 Å². The minimum Gasteiger partial charge on any atom is -0.311 e. The molecule has 15 heavy (non-hydrogen) atoms. The molecule has 1 N–H and O–H groups in total. The minimum atomic E-state index is -0.624. The second kappa shape index (κ2) is 5.80. The van der Waals surface area contributed by atoms with Crippen molar-refractivity contribution in [2.45, 2.75) is 64.8 Å². The summed E-state index contributed by atoms with van der Waals surface area (Å²) in [6.45, 7) is 10.5. The van der Waals surface area contributed by atoms with Gasteiger partial charge < -0.3 is 5.32 Å². The van der Waals surface area contributed by atoms with Gasteiger partial charge in [0.05, 0.1) is 0 Å². The lowest BCUT2D eigenvalue weighted by Crippen LogP contribution is -2.39. The summed E-state index contributed by atoms with van der Waals surface area (Å²) < 4.78 is 12.9. The van der Waals surface area contributed by atoms with E-state index in [9.17, 15) is 4.39 Å². The smallest absolute Gasteiger partial charge is 0.114 e. The van der Waals surface area contributed by atoms with Crippen molar-refractivity contribution in [2.75, 3.05) is 13.1 Å². The zero-order valence-corrected chi connectivity index (χ0v) is 10.5. The lowest BCUT2D eigenvalue weighted by atomic mass is 10.1. The molecule has 0 aromatic carbocycles. The number of alkyl halides is 1. The minimum absolute atomic E-state index is 0.389. The van der Waals surface area contributed by atoms with Crippen LogP contribution in [0.15, 0.2) is 0 Å². The molecule has 1 aliphatic rings. The molecule has 0 amide bonds. The van der Waals surface area contributed by atoms with Gasteiger partial charge in [-0.1, -0.05) is 0 Å². The normalized spacial score (nSPS) is 27.2. The van der Waals surface area contributed by atoms with Crippen LogP contribution in [0.25, 0.3) is 0 Å². The largest absolute Gasteiger partial charge is 0.311 e. The monoisotopic (exact) mass is 216 g/mol. The summed E-state index contributed by atoms with van der Waals surface area (Å²) in [5.41, 5.74) is 0. The van der Waals surface area contributed by atoms with Crippen molar-refractivity contribution in [1.29, 1.82) is 0 Å². The van der Waals surface area contributed by atoms with Gasteiger partial charge in [-0.2, -0.15) is 0 Å². The molecule has 0 spiro atoms. The first-order chi connectivity index (χ1) is 7.00. The van der Waals surface area contributed by atoms with Crippen LogP contribution < -0.4 is 5.32 Å². The van der Waals surface area contributed by atoms with Gasteiger partial charge in [0.25, 0.3) is 0 Å². The molecule has 2 unspecified atom stereocenters. The number of rotatable bonds is 5. The summed E-state index contributed by atoms with van der Waals surface area (Å²) in [5, 5.41) is 3.24. The highest BCUT2D eigenvalue weighted by molar-refractivity contribution is 4.82. The van der Waals surface area contributed by atoms with E-state index < -0.39 is 6.17 Å². The van der Waals surface area contributed by atoms with Crippen LogP contribution in [0.4, 0.5) is 4.39 Å². The maximum atomic E-state index is 12.9. The van der Waals surface area contributed by atoms with Crippen LogP contribution in [0.3, 0.4) is 0 Å². The van der Waals surface area contributed by atoms with E-state index in [0.717, 1.165) is 13.0 Å². The van der Waals surface area contributed by atoms with Crippen molar-refractivity contribution in [3.05, 3.63) is 0 Å². The third kappa shape index (κ3) is 4.07. The predicted molar refractivity (Wildman–Crippen MR) is 62.9 cm³/mol. The molecular weight excluding hydrogens is 191 g/mol. The Bertz CT molecular complexity index is 174. The summed E-state index contributed by atoms with van der Waals surface area (Å²) in [6.07, 6.45) is 1.14. The van der Waals surface area contributed by atoms with E-state index in [0.29, 0.717) is 31.1 Å². The SMILES string of the molecule is CC(C)N(CCC1CC(F)CN1)C(C)C. The average molecular weight is 216 g/mol. The molecule has 1 heterocycles. The summed E-state index contributed by atoms with van der Waals surface area (Å²) in [5.74, 6) is 0. The molecule has 1 saturated heterocycles. The van der Waals surface area contributed by atoms with Crippen LogP contribution >= 0.6 is 0 Å². The highest BCUT2D eigenvalue weighted by atomic mass is 19.1. The molecular formula is C12H25FN2. The van der Waals surface area contributed by atoms with Crippen molar-refractivity contribution < 1.29 is 4.39 Å². The van der Waals surface area contributed by atoms with Crippen LogP contribution in [0.5, 0.6) is 0 Å². The maximum Gasteiger partial charge on any atom is 0.114 e. The van der Waals surface area contributed by atoms with Crippen molar-refractivity contribution in [3.8, 4) is 0 Å². The molecule has 0 aliphatic carbocycles. The van der Waals surface area contributed by atoms with Gasteiger partial charge in [-0.05, 0) is 40.5 Å². The van der Waals surface area contributed by atoms with Crippen molar-refractivity contribution in [2.24, 2.45) is 0 Å². The lowest BCUT2D eigenvalue weighted by Gasteiger charge is -2.31. The Morgan fingerprint density at radius 1 is 1.27 bits per heavy atom. The van der Waals surface area contributed by atoms with E-state index in [-0.39, 0.29) is 0 Å². The Morgan fingerprint density at radius 2 is 1.87 bits per heavy atom. The molecule has 2 nitrogen and oxygen atoms in total. The Kier molecular flexibility index (Phi) is 5.00. The summed E-state index contributed by atoms with van der Waals surface area (Å²) in [7, 11) is 0. The fourth-order valence-electron chi connectivity index (χ4n) is 2.41. The number of nitrogens with one attached hydrogen (secondary N) is 1. The first kappa shape index (κ1) is 12.9. The van der Waals surface area contributed by atoms with Gasteiger partial charge >= 0.3 is 0 Å². The Labute approximate surface area is 93.2 Å². The van der Waals surface area contributed by atoms with E-state index in [1.165, 1.54) is 0 Å². The number of hydrogen-bond acceptors (Lipinski definition) is 2. The van der Waals surface area contributed by atoms with E-state index in [4.69, 9.17) is 0 Å². The second-order valence-corrected chi connectivity index (χ2v) is 5.15. The van der Waals surface area contributed by atoms with E-state index in [2.05, 4.69) is 37.9 Å². The van der Waals surface area contributed by atoms with Gasteiger partial charge in [-0.3, -0.25) is 4.90 Å². The quantitative estimate of drug-likeness (QED) is 0.758. The highest BCUT2D eigenvalue weighted by Crippen LogP contribution is 2.15. The second-order valence-electron chi connectivity index (χ2n) is 5.15. The molecule has 1 fully saturated rings. The van der Waals surface area contributed by atoms with E-state index in [1.807, 2.05) is 0 Å². The van der Waals surface area contributed by atoms with Gasteiger partial charge in [-0.25, -0.2) is 4.39 Å². The molecule has 0 radical (unpaired) electrons. The number of halogens is 1. The van der Waals surface area contributed by atoms with Crippen LogP contribution in [-0.4, -0.2) is 42.3 Å². The van der Waals surface area contributed by atoms with Crippen LogP contribution in [0.2, 0.25) is 0 Å². The molecule has 90 valence electrons. The summed E-state index contributed by atoms with van der Waals surface area (Å²) >= 11 is 0. The molecule has 1 aliphatic heterocycles. The molecule has 2 atom stereocenters.